The number of hydrogen-bond acceptors (Lipinski definition) is 3. The molecule has 2 aliphatic rings. The van der Waals surface area contributed by atoms with Gasteiger partial charge in [-0.2, -0.15) is 0 Å². The van der Waals surface area contributed by atoms with Gasteiger partial charge in [0, 0.05) is 32.3 Å². The summed E-state index contributed by atoms with van der Waals surface area (Å²) in [4.78, 5) is 15.9. The predicted octanol–water partition coefficient (Wildman–Crippen LogP) is 0.509. The largest absolute Gasteiger partial charge is 0.378 e. The fraction of sp³-hybridized carbons (Fsp3) is 0.917. The predicted molar refractivity (Wildman–Crippen MR) is 66.0 cm³/mol. The van der Waals surface area contributed by atoms with Crippen molar-refractivity contribution in [2.75, 3.05) is 33.3 Å². The standard InChI is InChI=1S/C12H23N3O2/c1-9(2)13-10-4-5-14(6-10)12(16)15-7-11(8-15)17-3/h9-11,13H,4-8H2,1-3H3/t10-/m1/s1. The lowest BCUT2D eigenvalue weighted by Crippen LogP contribution is -2.58. The van der Waals surface area contributed by atoms with Gasteiger partial charge >= 0.3 is 6.03 Å². The number of nitrogens with one attached hydrogen (secondary N) is 1. The van der Waals surface area contributed by atoms with Crippen molar-refractivity contribution < 1.29 is 9.53 Å². The molecule has 0 aliphatic carbocycles. The number of ether oxygens (including phenoxy) is 1. The maximum absolute atomic E-state index is 12.1. The Kier molecular flexibility index (Phi) is 3.89. The smallest absolute Gasteiger partial charge is 0.320 e. The molecule has 0 radical (unpaired) electrons. The molecule has 2 heterocycles. The summed E-state index contributed by atoms with van der Waals surface area (Å²) >= 11 is 0. The fourth-order valence-electron chi connectivity index (χ4n) is 2.48. The van der Waals surface area contributed by atoms with E-state index < -0.39 is 0 Å². The van der Waals surface area contributed by atoms with Gasteiger partial charge in [0.05, 0.1) is 19.2 Å². The number of amides is 2. The summed E-state index contributed by atoms with van der Waals surface area (Å²) in [5.74, 6) is 0. The van der Waals surface area contributed by atoms with Crippen LogP contribution < -0.4 is 5.32 Å². The monoisotopic (exact) mass is 241 g/mol. The molecule has 5 heteroatoms. The molecule has 2 rings (SSSR count). The molecule has 0 aromatic carbocycles. The van der Waals surface area contributed by atoms with E-state index in [1.54, 1.807) is 7.11 Å². The summed E-state index contributed by atoms with van der Waals surface area (Å²) in [7, 11) is 1.70. The van der Waals surface area contributed by atoms with E-state index in [1.807, 2.05) is 9.80 Å². The summed E-state index contributed by atoms with van der Waals surface area (Å²) in [5.41, 5.74) is 0. The van der Waals surface area contributed by atoms with Crippen molar-refractivity contribution in [3.63, 3.8) is 0 Å². The number of carbonyl (C=O) groups is 1. The molecule has 2 fully saturated rings. The van der Waals surface area contributed by atoms with E-state index in [1.165, 1.54) is 0 Å². The molecular weight excluding hydrogens is 218 g/mol. The zero-order valence-electron chi connectivity index (χ0n) is 11.0. The average molecular weight is 241 g/mol. The van der Waals surface area contributed by atoms with Crippen LogP contribution in [0.1, 0.15) is 20.3 Å². The lowest BCUT2D eigenvalue weighted by atomic mass is 10.2. The molecule has 2 saturated heterocycles. The fourth-order valence-corrected chi connectivity index (χ4v) is 2.48. The van der Waals surface area contributed by atoms with E-state index in [0.29, 0.717) is 12.1 Å². The summed E-state index contributed by atoms with van der Waals surface area (Å²) in [6.45, 7) is 7.48. The van der Waals surface area contributed by atoms with E-state index in [4.69, 9.17) is 4.74 Å². The van der Waals surface area contributed by atoms with Crippen molar-refractivity contribution >= 4 is 6.03 Å². The summed E-state index contributed by atoms with van der Waals surface area (Å²) < 4.78 is 5.18. The third-order valence-corrected chi connectivity index (χ3v) is 3.48. The molecule has 1 atom stereocenters. The van der Waals surface area contributed by atoms with Gasteiger partial charge < -0.3 is 19.9 Å². The van der Waals surface area contributed by atoms with Crippen molar-refractivity contribution in [2.45, 2.75) is 38.5 Å². The summed E-state index contributed by atoms with van der Waals surface area (Å²) in [6, 6.07) is 1.11. The van der Waals surface area contributed by atoms with Gasteiger partial charge in [-0.25, -0.2) is 4.79 Å². The normalized spacial score (nSPS) is 25.5. The summed E-state index contributed by atoms with van der Waals surface area (Å²) in [5, 5.41) is 3.48. The van der Waals surface area contributed by atoms with Crippen LogP contribution in [-0.4, -0.2) is 67.3 Å². The number of rotatable bonds is 3. The third kappa shape index (κ3) is 2.90. The maximum Gasteiger partial charge on any atom is 0.320 e. The molecule has 0 spiro atoms. The lowest BCUT2D eigenvalue weighted by molar-refractivity contribution is -0.0143. The lowest BCUT2D eigenvalue weighted by Gasteiger charge is -2.40. The second-order valence-electron chi connectivity index (χ2n) is 5.30. The topological polar surface area (TPSA) is 44.8 Å². The van der Waals surface area contributed by atoms with Crippen molar-refractivity contribution in [3.05, 3.63) is 0 Å². The Labute approximate surface area is 103 Å². The van der Waals surface area contributed by atoms with Gasteiger partial charge in [0.1, 0.15) is 0 Å². The highest BCUT2D eigenvalue weighted by molar-refractivity contribution is 5.75. The number of hydrogen-bond donors (Lipinski definition) is 1. The van der Waals surface area contributed by atoms with Gasteiger partial charge in [-0.15, -0.1) is 0 Å². The second-order valence-corrected chi connectivity index (χ2v) is 5.30. The molecular formula is C12H23N3O2. The number of methoxy groups -OCH3 is 1. The van der Waals surface area contributed by atoms with Gasteiger partial charge in [-0.3, -0.25) is 0 Å². The van der Waals surface area contributed by atoms with Gasteiger partial charge in [-0.1, -0.05) is 13.8 Å². The zero-order chi connectivity index (χ0) is 12.4. The highest BCUT2D eigenvalue weighted by atomic mass is 16.5. The van der Waals surface area contributed by atoms with Gasteiger partial charge in [0.25, 0.3) is 0 Å². The molecule has 0 unspecified atom stereocenters. The molecule has 98 valence electrons. The van der Waals surface area contributed by atoms with Crippen LogP contribution in [0, 0.1) is 0 Å². The van der Waals surface area contributed by atoms with Crippen molar-refractivity contribution in [1.82, 2.24) is 15.1 Å². The van der Waals surface area contributed by atoms with Crippen LogP contribution in [0.25, 0.3) is 0 Å². The highest BCUT2D eigenvalue weighted by Crippen LogP contribution is 2.17. The quantitative estimate of drug-likeness (QED) is 0.783. The van der Waals surface area contributed by atoms with Crippen LogP contribution in [-0.2, 0) is 4.74 Å². The maximum atomic E-state index is 12.1. The van der Waals surface area contributed by atoms with Crippen LogP contribution in [0.4, 0.5) is 4.79 Å². The van der Waals surface area contributed by atoms with Crippen LogP contribution in [0.15, 0.2) is 0 Å². The molecule has 17 heavy (non-hydrogen) atoms. The molecule has 2 amide bonds. The minimum absolute atomic E-state index is 0.173. The van der Waals surface area contributed by atoms with Gasteiger partial charge in [0.15, 0.2) is 0 Å². The van der Waals surface area contributed by atoms with E-state index in [2.05, 4.69) is 19.2 Å². The SMILES string of the molecule is COC1CN(C(=O)N2CC[C@@H](NC(C)C)C2)C1. The Balaban J connectivity index is 1.75. The Hall–Kier alpha value is -0.810. The molecule has 0 aromatic heterocycles. The minimum atomic E-state index is 0.173. The van der Waals surface area contributed by atoms with Crippen LogP contribution in [0.3, 0.4) is 0 Å². The van der Waals surface area contributed by atoms with E-state index in [0.717, 1.165) is 32.6 Å². The number of carbonyl (C=O) groups excluding carboxylic acids is 1. The Morgan fingerprint density at radius 2 is 2.00 bits per heavy atom. The van der Waals surface area contributed by atoms with Crippen molar-refractivity contribution in [1.29, 1.82) is 0 Å². The molecule has 5 nitrogen and oxygen atoms in total. The summed E-state index contributed by atoms with van der Waals surface area (Å²) in [6.07, 6.45) is 1.30. The van der Waals surface area contributed by atoms with Crippen molar-refractivity contribution in [2.24, 2.45) is 0 Å². The highest BCUT2D eigenvalue weighted by Gasteiger charge is 2.36. The van der Waals surface area contributed by atoms with Crippen LogP contribution in [0.5, 0.6) is 0 Å². The minimum Gasteiger partial charge on any atom is -0.378 e. The van der Waals surface area contributed by atoms with E-state index >= 15 is 0 Å². The third-order valence-electron chi connectivity index (χ3n) is 3.48. The number of likely N-dealkylation sites (tertiary alicyclic amines) is 2. The van der Waals surface area contributed by atoms with E-state index in [-0.39, 0.29) is 12.1 Å². The van der Waals surface area contributed by atoms with Gasteiger partial charge in [0.2, 0.25) is 0 Å². The number of nitrogens with zero attached hydrogens (tertiary/aromatic N) is 2. The first-order valence-corrected chi connectivity index (χ1v) is 6.43. The molecule has 1 N–H and O–H groups in total. The Bertz CT molecular complexity index is 277. The van der Waals surface area contributed by atoms with Gasteiger partial charge in [-0.05, 0) is 6.42 Å². The van der Waals surface area contributed by atoms with E-state index in [9.17, 15) is 4.79 Å². The first-order chi connectivity index (χ1) is 8.10. The molecule has 0 saturated carbocycles. The Morgan fingerprint density at radius 1 is 1.29 bits per heavy atom. The van der Waals surface area contributed by atoms with Crippen LogP contribution >= 0.6 is 0 Å². The zero-order valence-corrected chi connectivity index (χ0v) is 11.0. The first kappa shape index (κ1) is 12.6. The number of urea groups is 1. The first-order valence-electron chi connectivity index (χ1n) is 6.43. The van der Waals surface area contributed by atoms with Crippen molar-refractivity contribution in [3.8, 4) is 0 Å². The Morgan fingerprint density at radius 3 is 2.59 bits per heavy atom. The molecule has 0 bridgehead atoms. The molecule has 2 aliphatic heterocycles. The average Bonchev–Trinajstić information content (AvgIpc) is 2.63. The second kappa shape index (κ2) is 5.23. The van der Waals surface area contributed by atoms with Crippen LogP contribution in [0.2, 0.25) is 0 Å². The molecule has 0 aromatic rings.